The van der Waals surface area contributed by atoms with Crippen LogP contribution in [0.5, 0.6) is 0 Å². The lowest BCUT2D eigenvalue weighted by molar-refractivity contribution is -0.142. The highest BCUT2D eigenvalue weighted by molar-refractivity contribution is 6.42. The van der Waals surface area contributed by atoms with E-state index >= 15 is 0 Å². The minimum atomic E-state index is -0.996. The molecule has 1 aromatic carbocycles. The van der Waals surface area contributed by atoms with Crippen molar-refractivity contribution in [1.29, 1.82) is 5.41 Å². The van der Waals surface area contributed by atoms with Gasteiger partial charge in [-0.2, -0.15) is 0 Å². The molecule has 4 N–H and O–H groups in total. The monoisotopic (exact) mass is 498 g/mol. The summed E-state index contributed by atoms with van der Waals surface area (Å²) >= 11 is 11.9. The minimum absolute atomic E-state index is 0.257. The summed E-state index contributed by atoms with van der Waals surface area (Å²) in [6, 6.07) is 5.26. The zero-order chi connectivity index (χ0) is 24.1. The quantitative estimate of drug-likeness (QED) is 0.203. The van der Waals surface area contributed by atoms with Gasteiger partial charge in [-0.3, -0.25) is 9.78 Å². The lowest BCUT2D eigenvalue weighted by Crippen LogP contribution is -2.20. The topological polar surface area (TPSA) is 137 Å². The van der Waals surface area contributed by atoms with Crippen molar-refractivity contribution in [2.24, 2.45) is 0 Å². The minimum Gasteiger partial charge on any atom is -0.480 e. The average molecular weight is 499 g/mol. The molecule has 2 rings (SSSR count). The maximum Gasteiger partial charge on any atom is 0.329 e. The number of hydrogen-bond donors (Lipinski definition) is 4. The zero-order valence-corrected chi connectivity index (χ0v) is 19.7. The van der Waals surface area contributed by atoms with E-state index in [-0.39, 0.29) is 24.7 Å². The number of benzene rings is 1. The predicted octanol–water partition coefficient (Wildman–Crippen LogP) is 3.91. The van der Waals surface area contributed by atoms with Crippen molar-refractivity contribution in [3.8, 4) is 0 Å². The van der Waals surface area contributed by atoms with Crippen molar-refractivity contribution >= 4 is 41.3 Å². The standard InChI is InChI=1S/C22H28Cl2N4O5/c23-17-7-6-15(11-18(17)24)13-26-22-27-19(12-25)16(21(31)28-22)5-3-1-2-4-8-32-9-10-33-14-20(29)30/h6-7,11-12,25H,1-5,8-10,13-14H2,(H,29,30)(H2,26,27,28,31). The number of H-pyrrole nitrogens is 1. The van der Waals surface area contributed by atoms with Crippen molar-refractivity contribution in [3.63, 3.8) is 0 Å². The summed E-state index contributed by atoms with van der Waals surface area (Å²) in [5.74, 6) is -0.706. The van der Waals surface area contributed by atoms with Crippen LogP contribution >= 0.6 is 23.2 Å². The van der Waals surface area contributed by atoms with Crippen molar-refractivity contribution in [2.75, 3.05) is 31.7 Å². The number of halogens is 2. The number of aliphatic carboxylic acids is 1. The average Bonchev–Trinajstić information content (AvgIpc) is 2.78. The number of carboxylic acids is 1. The van der Waals surface area contributed by atoms with Crippen LogP contribution in [0, 0.1) is 5.41 Å². The number of aromatic amines is 1. The SMILES string of the molecule is N=Cc1nc(NCc2ccc(Cl)c(Cl)c2)[nH]c(=O)c1CCCCCCOCCOCC(=O)O. The second-order valence-electron chi connectivity index (χ2n) is 7.25. The van der Waals surface area contributed by atoms with Gasteiger partial charge < -0.3 is 25.3 Å². The van der Waals surface area contributed by atoms with Gasteiger partial charge in [-0.25, -0.2) is 9.78 Å². The van der Waals surface area contributed by atoms with Crippen LogP contribution in [0.1, 0.15) is 42.5 Å². The fraction of sp³-hybridized carbons (Fsp3) is 0.455. The fourth-order valence-corrected chi connectivity index (χ4v) is 3.35. The predicted molar refractivity (Wildman–Crippen MR) is 128 cm³/mol. The molecule has 9 nitrogen and oxygen atoms in total. The van der Waals surface area contributed by atoms with Gasteiger partial charge in [-0.1, -0.05) is 42.1 Å². The number of nitrogens with one attached hydrogen (secondary N) is 3. The molecule has 0 amide bonds. The molecule has 0 aliphatic carbocycles. The van der Waals surface area contributed by atoms with E-state index < -0.39 is 5.97 Å². The molecular formula is C22H28Cl2N4O5. The van der Waals surface area contributed by atoms with Gasteiger partial charge in [0, 0.05) is 24.9 Å². The van der Waals surface area contributed by atoms with Crippen LogP contribution in [0.2, 0.25) is 10.0 Å². The molecule has 33 heavy (non-hydrogen) atoms. The zero-order valence-electron chi connectivity index (χ0n) is 18.2. The Labute approximate surface area is 201 Å². The maximum absolute atomic E-state index is 12.5. The van der Waals surface area contributed by atoms with E-state index in [0.29, 0.717) is 47.5 Å². The van der Waals surface area contributed by atoms with Crippen LogP contribution < -0.4 is 10.9 Å². The lowest BCUT2D eigenvalue weighted by atomic mass is 10.1. The molecule has 0 unspecified atom stereocenters. The molecule has 0 radical (unpaired) electrons. The molecule has 1 heterocycles. The molecule has 1 aromatic heterocycles. The summed E-state index contributed by atoms with van der Waals surface area (Å²) in [4.78, 5) is 29.9. The number of carbonyl (C=O) groups is 1. The number of nitrogens with zero attached hydrogens (tertiary/aromatic N) is 1. The Morgan fingerprint density at radius 2 is 1.88 bits per heavy atom. The van der Waals surface area contributed by atoms with Gasteiger partial charge >= 0.3 is 5.97 Å². The normalized spacial score (nSPS) is 10.8. The second kappa shape index (κ2) is 14.6. The first-order valence-corrected chi connectivity index (χ1v) is 11.3. The molecule has 11 heteroatoms. The van der Waals surface area contributed by atoms with Gasteiger partial charge in [-0.15, -0.1) is 0 Å². The van der Waals surface area contributed by atoms with Gasteiger partial charge in [0.2, 0.25) is 5.95 Å². The van der Waals surface area contributed by atoms with Crippen LogP contribution in [0.25, 0.3) is 0 Å². The molecule has 180 valence electrons. The van der Waals surface area contributed by atoms with Gasteiger partial charge in [-0.05, 0) is 37.0 Å². The third-order valence-electron chi connectivity index (χ3n) is 4.69. The molecular weight excluding hydrogens is 471 g/mol. The highest BCUT2D eigenvalue weighted by atomic mass is 35.5. The largest absolute Gasteiger partial charge is 0.480 e. The smallest absolute Gasteiger partial charge is 0.329 e. The number of anilines is 1. The van der Waals surface area contributed by atoms with E-state index in [0.717, 1.165) is 37.5 Å². The van der Waals surface area contributed by atoms with E-state index in [1.807, 2.05) is 6.07 Å². The fourth-order valence-electron chi connectivity index (χ4n) is 3.03. The number of aromatic nitrogens is 2. The first-order chi connectivity index (χ1) is 15.9. The molecule has 2 aromatic rings. The molecule has 0 aliphatic rings. The van der Waals surface area contributed by atoms with Crippen LogP contribution in [0.15, 0.2) is 23.0 Å². The number of ether oxygens (including phenoxy) is 2. The third kappa shape index (κ3) is 9.91. The van der Waals surface area contributed by atoms with E-state index in [9.17, 15) is 9.59 Å². The van der Waals surface area contributed by atoms with Crippen LogP contribution in [0.4, 0.5) is 5.95 Å². The van der Waals surface area contributed by atoms with Crippen LogP contribution in [-0.2, 0) is 27.2 Å². The Bertz CT molecular complexity index is 984. The first-order valence-electron chi connectivity index (χ1n) is 10.6. The molecule has 0 aliphatic heterocycles. The number of rotatable bonds is 16. The Kier molecular flexibility index (Phi) is 11.9. The highest BCUT2D eigenvalue weighted by Gasteiger charge is 2.10. The lowest BCUT2D eigenvalue weighted by Gasteiger charge is -2.10. The molecule has 0 saturated carbocycles. The Balaban J connectivity index is 1.72. The number of hydrogen-bond acceptors (Lipinski definition) is 7. The molecule has 0 bridgehead atoms. The van der Waals surface area contributed by atoms with Gasteiger partial charge in [0.25, 0.3) is 5.56 Å². The van der Waals surface area contributed by atoms with E-state index in [2.05, 4.69) is 15.3 Å². The first kappa shape index (κ1) is 26.8. The summed E-state index contributed by atoms with van der Waals surface area (Å²) in [5.41, 5.74) is 1.46. The summed E-state index contributed by atoms with van der Waals surface area (Å²) in [7, 11) is 0. The summed E-state index contributed by atoms with van der Waals surface area (Å²) < 4.78 is 10.3. The van der Waals surface area contributed by atoms with Gasteiger partial charge in [0.15, 0.2) is 0 Å². The van der Waals surface area contributed by atoms with Gasteiger partial charge in [0.05, 0.1) is 29.0 Å². The van der Waals surface area contributed by atoms with Gasteiger partial charge in [0.1, 0.15) is 6.61 Å². The van der Waals surface area contributed by atoms with Crippen molar-refractivity contribution in [1.82, 2.24) is 9.97 Å². The summed E-state index contributed by atoms with van der Waals surface area (Å²) in [6.07, 6.45) is 5.13. The Morgan fingerprint density at radius 3 is 2.61 bits per heavy atom. The molecule has 0 fully saturated rings. The molecule has 0 spiro atoms. The summed E-state index contributed by atoms with van der Waals surface area (Å²) in [6.45, 7) is 1.27. The van der Waals surface area contributed by atoms with Crippen molar-refractivity contribution in [3.05, 3.63) is 55.4 Å². The second-order valence-corrected chi connectivity index (χ2v) is 8.06. The Morgan fingerprint density at radius 1 is 1.12 bits per heavy atom. The number of unbranched alkanes of at least 4 members (excludes halogenated alkanes) is 3. The molecule has 0 saturated heterocycles. The van der Waals surface area contributed by atoms with Crippen molar-refractivity contribution < 1.29 is 19.4 Å². The highest BCUT2D eigenvalue weighted by Crippen LogP contribution is 2.22. The summed E-state index contributed by atoms with van der Waals surface area (Å²) in [5, 5.41) is 20.0. The van der Waals surface area contributed by atoms with E-state index in [4.69, 9.17) is 43.2 Å². The third-order valence-corrected chi connectivity index (χ3v) is 5.43. The van der Waals surface area contributed by atoms with Crippen molar-refractivity contribution in [2.45, 2.75) is 38.6 Å². The van der Waals surface area contributed by atoms with Crippen LogP contribution in [-0.4, -0.2) is 53.7 Å². The maximum atomic E-state index is 12.5. The van der Waals surface area contributed by atoms with E-state index in [1.54, 1.807) is 12.1 Å². The number of carboxylic acid groups (broad SMARTS) is 1. The molecule has 0 atom stereocenters. The van der Waals surface area contributed by atoms with Crippen LogP contribution in [0.3, 0.4) is 0 Å². The Hall–Kier alpha value is -2.46. The van der Waals surface area contributed by atoms with E-state index in [1.165, 1.54) is 0 Å².